The van der Waals surface area contributed by atoms with Crippen LogP contribution in [0.25, 0.3) is 0 Å². The van der Waals surface area contributed by atoms with Crippen LogP contribution >= 0.6 is 0 Å². The molecule has 1 rings (SSSR count). The Morgan fingerprint density at radius 1 is 1.21 bits per heavy atom. The van der Waals surface area contributed by atoms with Crippen molar-refractivity contribution in [3.05, 3.63) is 29.3 Å². The average Bonchev–Trinajstić information content (AvgIpc) is 2.21. The quantitative estimate of drug-likeness (QED) is 0.646. The van der Waals surface area contributed by atoms with Gasteiger partial charge < -0.3 is 4.74 Å². The Hall–Kier alpha value is -0.980. The Labute approximate surface area is 87.1 Å². The fraction of sp³-hybridized carbons (Fsp3) is 0.538. The molecule has 0 aromatic heterocycles. The lowest BCUT2D eigenvalue weighted by Gasteiger charge is -2.07. The highest BCUT2D eigenvalue weighted by Gasteiger charge is 1.99. The fourth-order valence-electron chi connectivity index (χ4n) is 1.60. The number of benzene rings is 1. The zero-order valence-corrected chi connectivity index (χ0v) is 9.47. The van der Waals surface area contributed by atoms with Crippen molar-refractivity contribution in [2.24, 2.45) is 0 Å². The minimum absolute atomic E-state index is 1.01. The Morgan fingerprint density at radius 3 is 2.64 bits per heavy atom. The van der Waals surface area contributed by atoms with E-state index in [1.54, 1.807) is 7.11 Å². The molecule has 0 aliphatic heterocycles. The van der Waals surface area contributed by atoms with Gasteiger partial charge in [-0.3, -0.25) is 0 Å². The molecule has 0 spiro atoms. The van der Waals surface area contributed by atoms with Crippen LogP contribution in [0, 0.1) is 6.92 Å². The van der Waals surface area contributed by atoms with E-state index < -0.39 is 0 Å². The van der Waals surface area contributed by atoms with Gasteiger partial charge in [-0.2, -0.15) is 0 Å². The first kappa shape index (κ1) is 11.1. The number of methoxy groups -OCH3 is 1. The van der Waals surface area contributed by atoms with Crippen LogP contribution in [-0.4, -0.2) is 7.11 Å². The van der Waals surface area contributed by atoms with Crippen molar-refractivity contribution in [3.8, 4) is 5.75 Å². The molecule has 1 heteroatoms. The highest BCUT2D eigenvalue weighted by atomic mass is 16.5. The first-order valence-corrected chi connectivity index (χ1v) is 5.41. The van der Waals surface area contributed by atoms with E-state index in [1.165, 1.54) is 36.8 Å². The Kier molecular flexibility index (Phi) is 4.51. The average molecular weight is 192 g/mol. The van der Waals surface area contributed by atoms with E-state index in [4.69, 9.17) is 4.74 Å². The van der Waals surface area contributed by atoms with Gasteiger partial charge in [0, 0.05) is 0 Å². The van der Waals surface area contributed by atoms with Crippen molar-refractivity contribution in [2.75, 3.05) is 7.11 Å². The molecule has 0 fully saturated rings. The molecule has 0 saturated carbocycles. The first-order valence-electron chi connectivity index (χ1n) is 5.41. The molecule has 78 valence electrons. The van der Waals surface area contributed by atoms with E-state index in [0.29, 0.717) is 0 Å². The van der Waals surface area contributed by atoms with E-state index in [-0.39, 0.29) is 0 Å². The topological polar surface area (TPSA) is 9.23 Å². The van der Waals surface area contributed by atoms with Crippen LogP contribution in [-0.2, 0) is 6.42 Å². The number of hydrogen-bond acceptors (Lipinski definition) is 1. The summed E-state index contributed by atoms with van der Waals surface area (Å²) in [5, 5.41) is 0. The van der Waals surface area contributed by atoms with Gasteiger partial charge in [-0.15, -0.1) is 0 Å². The molecule has 0 radical (unpaired) electrons. The van der Waals surface area contributed by atoms with E-state index in [2.05, 4.69) is 32.0 Å². The third kappa shape index (κ3) is 3.06. The maximum absolute atomic E-state index is 5.29. The second-order valence-corrected chi connectivity index (χ2v) is 3.76. The standard InChI is InChI=1S/C13H20O/c1-4-5-6-7-12-9-8-11(2)13(10-12)14-3/h8-10H,4-7H2,1-3H3. The number of ether oxygens (including phenoxy) is 1. The van der Waals surface area contributed by atoms with E-state index >= 15 is 0 Å². The van der Waals surface area contributed by atoms with Gasteiger partial charge in [0.2, 0.25) is 0 Å². The predicted molar refractivity (Wildman–Crippen MR) is 61.0 cm³/mol. The van der Waals surface area contributed by atoms with Gasteiger partial charge in [0.15, 0.2) is 0 Å². The third-order valence-corrected chi connectivity index (χ3v) is 2.54. The van der Waals surface area contributed by atoms with Crippen LogP contribution in [0.15, 0.2) is 18.2 Å². The molecule has 0 heterocycles. The summed E-state index contributed by atoms with van der Waals surface area (Å²) in [6.07, 6.45) is 5.05. The van der Waals surface area contributed by atoms with Crippen LogP contribution in [0.4, 0.5) is 0 Å². The molecular weight excluding hydrogens is 172 g/mol. The highest BCUT2D eigenvalue weighted by Crippen LogP contribution is 2.20. The largest absolute Gasteiger partial charge is 0.496 e. The van der Waals surface area contributed by atoms with E-state index in [1.807, 2.05) is 0 Å². The number of unbranched alkanes of at least 4 members (excludes halogenated alkanes) is 2. The normalized spacial score (nSPS) is 10.2. The van der Waals surface area contributed by atoms with Gasteiger partial charge in [-0.05, 0) is 37.0 Å². The molecule has 1 aromatic rings. The maximum Gasteiger partial charge on any atom is 0.122 e. The number of hydrogen-bond donors (Lipinski definition) is 0. The van der Waals surface area contributed by atoms with Gasteiger partial charge in [0.1, 0.15) is 5.75 Å². The van der Waals surface area contributed by atoms with Crippen molar-refractivity contribution < 1.29 is 4.74 Å². The van der Waals surface area contributed by atoms with Crippen LogP contribution in [0.5, 0.6) is 5.75 Å². The minimum atomic E-state index is 1.01. The molecule has 0 unspecified atom stereocenters. The second kappa shape index (κ2) is 5.69. The van der Waals surface area contributed by atoms with E-state index in [9.17, 15) is 0 Å². The maximum atomic E-state index is 5.29. The molecule has 1 nitrogen and oxygen atoms in total. The summed E-state index contributed by atoms with van der Waals surface area (Å²) in [7, 11) is 1.73. The summed E-state index contributed by atoms with van der Waals surface area (Å²) >= 11 is 0. The van der Waals surface area contributed by atoms with Crippen LogP contribution in [0.2, 0.25) is 0 Å². The molecule has 0 aliphatic rings. The molecule has 14 heavy (non-hydrogen) atoms. The van der Waals surface area contributed by atoms with Gasteiger partial charge in [0.05, 0.1) is 7.11 Å². The zero-order valence-electron chi connectivity index (χ0n) is 9.47. The first-order chi connectivity index (χ1) is 6.77. The Morgan fingerprint density at radius 2 is 2.00 bits per heavy atom. The van der Waals surface area contributed by atoms with Crippen molar-refractivity contribution >= 4 is 0 Å². The van der Waals surface area contributed by atoms with Gasteiger partial charge >= 0.3 is 0 Å². The van der Waals surface area contributed by atoms with Gasteiger partial charge in [-0.25, -0.2) is 0 Å². The summed E-state index contributed by atoms with van der Waals surface area (Å²) in [6, 6.07) is 6.50. The lowest BCUT2D eigenvalue weighted by molar-refractivity contribution is 0.411. The van der Waals surface area contributed by atoms with Crippen LogP contribution in [0.1, 0.15) is 37.3 Å². The molecule has 0 saturated heterocycles. The second-order valence-electron chi connectivity index (χ2n) is 3.76. The molecular formula is C13H20O. The number of rotatable bonds is 5. The fourth-order valence-corrected chi connectivity index (χ4v) is 1.60. The molecule has 0 N–H and O–H groups in total. The molecule has 0 aliphatic carbocycles. The Bertz CT molecular complexity index is 279. The van der Waals surface area contributed by atoms with Crippen molar-refractivity contribution in [1.82, 2.24) is 0 Å². The van der Waals surface area contributed by atoms with Crippen LogP contribution < -0.4 is 4.74 Å². The van der Waals surface area contributed by atoms with Gasteiger partial charge in [-0.1, -0.05) is 31.9 Å². The highest BCUT2D eigenvalue weighted by molar-refractivity contribution is 5.36. The molecule has 1 aromatic carbocycles. The number of aryl methyl sites for hydroxylation is 2. The molecule has 0 amide bonds. The van der Waals surface area contributed by atoms with Crippen molar-refractivity contribution in [2.45, 2.75) is 39.5 Å². The van der Waals surface area contributed by atoms with E-state index in [0.717, 1.165) is 5.75 Å². The lowest BCUT2D eigenvalue weighted by Crippen LogP contribution is -1.91. The monoisotopic (exact) mass is 192 g/mol. The van der Waals surface area contributed by atoms with Crippen molar-refractivity contribution in [1.29, 1.82) is 0 Å². The summed E-state index contributed by atoms with van der Waals surface area (Å²) in [4.78, 5) is 0. The summed E-state index contributed by atoms with van der Waals surface area (Å²) in [6.45, 7) is 4.31. The lowest BCUT2D eigenvalue weighted by atomic mass is 10.1. The summed E-state index contributed by atoms with van der Waals surface area (Å²) < 4.78 is 5.29. The zero-order chi connectivity index (χ0) is 10.4. The van der Waals surface area contributed by atoms with Crippen LogP contribution in [0.3, 0.4) is 0 Å². The molecule has 0 atom stereocenters. The summed E-state index contributed by atoms with van der Waals surface area (Å²) in [5.41, 5.74) is 2.60. The SMILES string of the molecule is CCCCCc1ccc(C)c(OC)c1. The van der Waals surface area contributed by atoms with Gasteiger partial charge in [0.25, 0.3) is 0 Å². The third-order valence-electron chi connectivity index (χ3n) is 2.54. The van der Waals surface area contributed by atoms with Crippen molar-refractivity contribution in [3.63, 3.8) is 0 Å². The Balaban J connectivity index is 2.60. The minimum Gasteiger partial charge on any atom is -0.496 e. The smallest absolute Gasteiger partial charge is 0.122 e. The summed E-state index contributed by atoms with van der Waals surface area (Å²) in [5.74, 6) is 1.01. The predicted octanol–water partition coefficient (Wildman–Crippen LogP) is 3.74. The molecule has 0 bridgehead atoms.